The number of rotatable bonds is 4. The highest BCUT2D eigenvalue weighted by Gasteiger charge is 2.26. The lowest BCUT2D eigenvalue weighted by Crippen LogP contribution is -2.17. The van der Waals surface area contributed by atoms with Gasteiger partial charge in [-0.1, -0.05) is 42.3 Å². The van der Waals surface area contributed by atoms with Gasteiger partial charge in [-0.25, -0.2) is 0 Å². The van der Waals surface area contributed by atoms with Crippen LogP contribution in [-0.2, 0) is 6.42 Å². The minimum absolute atomic E-state index is 0.125. The second-order valence-corrected chi connectivity index (χ2v) is 6.06. The van der Waals surface area contributed by atoms with E-state index < -0.39 is 0 Å². The highest BCUT2D eigenvalue weighted by atomic mass is 14.6. The summed E-state index contributed by atoms with van der Waals surface area (Å²) in [5.74, 6) is 0.523. The predicted molar refractivity (Wildman–Crippen MR) is 87.6 cm³/mol. The zero-order valence-electron chi connectivity index (χ0n) is 13.5. The van der Waals surface area contributed by atoms with Gasteiger partial charge in [0.15, 0.2) is 0 Å². The van der Waals surface area contributed by atoms with E-state index in [0.29, 0.717) is 5.92 Å². The van der Waals surface area contributed by atoms with Crippen LogP contribution in [0.1, 0.15) is 58.2 Å². The van der Waals surface area contributed by atoms with Crippen molar-refractivity contribution < 1.29 is 0 Å². The Labute approximate surface area is 123 Å². The van der Waals surface area contributed by atoms with Gasteiger partial charge in [0, 0.05) is 12.0 Å². The van der Waals surface area contributed by atoms with E-state index in [0.717, 1.165) is 12.8 Å². The van der Waals surface area contributed by atoms with Crippen LogP contribution in [0, 0.1) is 5.92 Å². The minimum Gasteiger partial charge on any atom is -0.324 e. The van der Waals surface area contributed by atoms with Crippen LogP contribution in [-0.4, -0.2) is 0 Å². The van der Waals surface area contributed by atoms with E-state index in [1.165, 1.54) is 33.4 Å². The van der Waals surface area contributed by atoms with Gasteiger partial charge in [0.05, 0.1) is 0 Å². The third-order valence-electron chi connectivity index (χ3n) is 5.12. The van der Waals surface area contributed by atoms with E-state index in [1.54, 1.807) is 0 Å². The molecule has 0 heterocycles. The molecule has 1 atom stereocenters. The SMILES string of the molecule is CCc1ccccc1C(N)CC1C(C)=C(C)C(C)=C1C. The number of hydrogen-bond donors (Lipinski definition) is 1. The molecule has 20 heavy (non-hydrogen) atoms. The van der Waals surface area contributed by atoms with Crippen molar-refractivity contribution in [2.24, 2.45) is 11.7 Å². The summed E-state index contributed by atoms with van der Waals surface area (Å²) >= 11 is 0. The van der Waals surface area contributed by atoms with Crippen molar-refractivity contribution in [2.75, 3.05) is 0 Å². The van der Waals surface area contributed by atoms with Crippen LogP contribution in [0.15, 0.2) is 46.6 Å². The molecule has 1 aromatic carbocycles. The fourth-order valence-electron chi connectivity index (χ4n) is 3.39. The quantitative estimate of drug-likeness (QED) is 0.823. The number of nitrogens with two attached hydrogens (primary N) is 1. The maximum Gasteiger partial charge on any atom is 0.0306 e. The zero-order valence-corrected chi connectivity index (χ0v) is 13.5. The summed E-state index contributed by atoms with van der Waals surface area (Å²) in [7, 11) is 0. The molecule has 0 saturated carbocycles. The van der Waals surface area contributed by atoms with Crippen molar-refractivity contribution in [3.63, 3.8) is 0 Å². The maximum atomic E-state index is 6.52. The van der Waals surface area contributed by atoms with Gasteiger partial charge < -0.3 is 5.73 Å². The highest BCUT2D eigenvalue weighted by molar-refractivity contribution is 5.46. The Hall–Kier alpha value is -1.34. The van der Waals surface area contributed by atoms with Gasteiger partial charge in [-0.3, -0.25) is 0 Å². The molecule has 1 unspecified atom stereocenters. The second kappa shape index (κ2) is 5.97. The summed E-state index contributed by atoms with van der Waals surface area (Å²) in [6.45, 7) is 11.2. The molecule has 2 N–H and O–H groups in total. The normalized spacial score (nSPS) is 18.1. The van der Waals surface area contributed by atoms with Crippen molar-refractivity contribution in [3.05, 3.63) is 57.7 Å². The Morgan fingerprint density at radius 1 is 1.00 bits per heavy atom. The Bertz CT molecular complexity index is 539. The topological polar surface area (TPSA) is 26.0 Å². The molecule has 1 heteroatoms. The molecule has 0 amide bonds. The molecule has 0 aliphatic heterocycles. The molecule has 0 bridgehead atoms. The molecule has 0 aromatic heterocycles. The van der Waals surface area contributed by atoms with Crippen LogP contribution in [0.5, 0.6) is 0 Å². The molecule has 1 aliphatic carbocycles. The van der Waals surface area contributed by atoms with Crippen LogP contribution in [0.2, 0.25) is 0 Å². The minimum atomic E-state index is 0.125. The van der Waals surface area contributed by atoms with Gasteiger partial charge in [-0.2, -0.15) is 0 Å². The zero-order chi connectivity index (χ0) is 14.9. The van der Waals surface area contributed by atoms with Crippen molar-refractivity contribution >= 4 is 0 Å². The second-order valence-electron chi connectivity index (χ2n) is 6.06. The van der Waals surface area contributed by atoms with E-state index in [1.807, 2.05) is 0 Å². The number of aryl methyl sites for hydroxylation is 1. The van der Waals surface area contributed by atoms with Crippen molar-refractivity contribution in [1.82, 2.24) is 0 Å². The summed E-state index contributed by atoms with van der Waals surface area (Å²) in [6, 6.07) is 8.72. The molecule has 2 rings (SSSR count). The molecule has 1 nitrogen and oxygen atoms in total. The first-order valence-electron chi connectivity index (χ1n) is 7.65. The smallest absolute Gasteiger partial charge is 0.0306 e. The van der Waals surface area contributed by atoms with Crippen LogP contribution in [0.25, 0.3) is 0 Å². The van der Waals surface area contributed by atoms with E-state index in [2.05, 4.69) is 58.9 Å². The van der Waals surface area contributed by atoms with Crippen molar-refractivity contribution in [1.29, 1.82) is 0 Å². The lowest BCUT2D eigenvalue weighted by Gasteiger charge is -2.22. The molecular weight excluding hydrogens is 242 g/mol. The maximum absolute atomic E-state index is 6.52. The molecule has 1 aromatic rings. The molecule has 0 saturated heterocycles. The average Bonchev–Trinajstić information content (AvgIpc) is 2.65. The van der Waals surface area contributed by atoms with Crippen LogP contribution < -0.4 is 5.73 Å². The van der Waals surface area contributed by atoms with E-state index >= 15 is 0 Å². The van der Waals surface area contributed by atoms with Crippen molar-refractivity contribution in [2.45, 2.75) is 53.5 Å². The van der Waals surface area contributed by atoms with Gasteiger partial charge in [-0.05, 0) is 62.8 Å². The van der Waals surface area contributed by atoms with Gasteiger partial charge in [0.1, 0.15) is 0 Å². The molecule has 0 radical (unpaired) electrons. The lowest BCUT2D eigenvalue weighted by atomic mass is 9.86. The summed E-state index contributed by atoms with van der Waals surface area (Å²) in [5, 5.41) is 0. The fourth-order valence-corrected chi connectivity index (χ4v) is 3.39. The van der Waals surface area contributed by atoms with E-state index in [9.17, 15) is 0 Å². The van der Waals surface area contributed by atoms with Crippen molar-refractivity contribution in [3.8, 4) is 0 Å². The van der Waals surface area contributed by atoms with Crippen LogP contribution in [0.4, 0.5) is 0 Å². The van der Waals surface area contributed by atoms with Gasteiger partial charge in [0.2, 0.25) is 0 Å². The number of allylic oxidation sites excluding steroid dienone is 4. The Balaban J connectivity index is 2.23. The molecule has 1 aliphatic rings. The first-order chi connectivity index (χ1) is 9.47. The Morgan fingerprint density at radius 2 is 1.55 bits per heavy atom. The Morgan fingerprint density at radius 3 is 2.10 bits per heavy atom. The average molecular weight is 269 g/mol. The lowest BCUT2D eigenvalue weighted by molar-refractivity contribution is 0.549. The summed E-state index contributed by atoms with van der Waals surface area (Å²) in [4.78, 5) is 0. The van der Waals surface area contributed by atoms with Crippen LogP contribution in [0.3, 0.4) is 0 Å². The van der Waals surface area contributed by atoms with Gasteiger partial charge in [0.25, 0.3) is 0 Å². The first-order valence-corrected chi connectivity index (χ1v) is 7.65. The number of hydrogen-bond acceptors (Lipinski definition) is 1. The summed E-state index contributed by atoms with van der Waals surface area (Å²) in [6.07, 6.45) is 2.07. The largest absolute Gasteiger partial charge is 0.324 e. The third-order valence-corrected chi connectivity index (χ3v) is 5.12. The van der Waals surface area contributed by atoms with Gasteiger partial charge >= 0.3 is 0 Å². The molecule has 0 spiro atoms. The van der Waals surface area contributed by atoms with Gasteiger partial charge in [-0.15, -0.1) is 0 Å². The predicted octanol–water partition coefficient (Wildman–Crippen LogP) is 4.94. The fraction of sp³-hybridized carbons (Fsp3) is 0.474. The number of benzene rings is 1. The molecule has 108 valence electrons. The standard InChI is InChI=1S/C19H27N/c1-6-16-9-7-8-10-17(16)19(20)11-18-14(4)12(2)13(3)15(18)5/h7-10,18-19H,6,11,20H2,1-5H3. The first kappa shape index (κ1) is 15.1. The Kier molecular flexibility index (Phi) is 4.49. The van der Waals surface area contributed by atoms with E-state index in [4.69, 9.17) is 5.73 Å². The molecular formula is C19H27N. The third kappa shape index (κ3) is 2.60. The monoisotopic (exact) mass is 269 g/mol. The summed E-state index contributed by atoms with van der Waals surface area (Å²) in [5.41, 5.74) is 15.2. The van der Waals surface area contributed by atoms with E-state index in [-0.39, 0.29) is 6.04 Å². The molecule has 0 fully saturated rings. The highest BCUT2D eigenvalue weighted by Crippen LogP contribution is 2.41. The van der Waals surface area contributed by atoms with Crippen LogP contribution >= 0.6 is 0 Å². The summed E-state index contributed by atoms with van der Waals surface area (Å²) < 4.78 is 0.